The molecule has 1 amide bonds. The zero-order valence-electron chi connectivity index (χ0n) is 16.5. The number of nitro benzene ring substituents is 1. The van der Waals surface area contributed by atoms with Gasteiger partial charge in [0.15, 0.2) is 5.69 Å². The van der Waals surface area contributed by atoms with Crippen LogP contribution in [-0.2, 0) is 0 Å². The van der Waals surface area contributed by atoms with Crippen LogP contribution in [0.5, 0.6) is 0 Å². The van der Waals surface area contributed by atoms with Crippen molar-refractivity contribution in [2.24, 2.45) is 17.8 Å². The van der Waals surface area contributed by atoms with E-state index in [1.807, 2.05) is 6.92 Å². The molecular weight excluding hydrogens is 372 g/mol. The number of amides is 1. The van der Waals surface area contributed by atoms with E-state index in [0.717, 1.165) is 12.3 Å². The van der Waals surface area contributed by atoms with Crippen molar-refractivity contribution >= 4 is 11.6 Å². The first kappa shape index (κ1) is 19.3. The number of hydrogen-bond acceptors (Lipinski definition) is 5. The Morgan fingerprint density at radius 2 is 2.07 bits per heavy atom. The summed E-state index contributed by atoms with van der Waals surface area (Å²) in [6.07, 6.45) is 4.84. The molecule has 0 radical (unpaired) electrons. The van der Waals surface area contributed by atoms with Crippen LogP contribution in [-0.4, -0.2) is 26.7 Å². The zero-order chi connectivity index (χ0) is 20.7. The number of carbonyl (C=O) groups excluding carboxylic acids is 1. The monoisotopic (exact) mass is 396 g/mol. The first-order valence-corrected chi connectivity index (χ1v) is 10.0. The van der Waals surface area contributed by atoms with Gasteiger partial charge in [-0.25, -0.2) is 4.68 Å². The number of nitro groups is 1. The molecule has 2 aromatic rings. The third-order valence-electron chi connectivity index (χ3n) is 6.42. The minimum Gasteiger partial charge on any atom is -0.348 e. The Kier molecular flexibility index (Phi) is 4.94. The molecule has 0 aliphatic heterocycles. The Bertz CT molecular complexity index is 1030. The van der Waals surface area contributed by atoms with E-state index in [1.165, 1.54) is 36.1 Å². The smallest absolute Gasteiger partial charge is 0.294 e. The van der Waals surface area contributed by atoms with Crippen LogP contribution >= 0.6 is 0 Å². The normalized spacial score (nSPS) is 23.7. The summed E-state index contributed by atoms with van der Waals surface area (Å²) in [6.45, 7) is 3.61. The van der Waals surface area contributed by atoms with E-state index in [-0.39, 0.29) is 23.1 Å². The maximum Gasteiger partial charge on any atom is 0.294 e. The van der Waals surface area contributed by atoms with Gasteiger partial charge in [-0.3, -0.25) is 19.7 Å². The molecule has 2 aliphatic rings. The molecule has 0 spiro atoms. The second-order valence-corrected chi connectivity index (χ2v) is 8.26. The first-order valence-electron chi connectivity index (χ1n) is 10.0. The van der Waals surface area contributed by atoms with Gasteiger partial charge in [0, 0.05) is 23.9 Å². The highest BCUT2D eigenvalue weighted by Gasteiger charge is 2.42. The Morgan fingerprint density at radius 1 is 1.31 bits per heavy atom. The highest BCUT2D eigenvalue weighted by atomic mass is 16.6. The first-order chi connectivity index (χ1) is 13.8. The Hall–Kier alpha value is -3.03. The summed E-state index contributed by atoms with van der Waals surface area (Å²) in [5, 5.41) is 18.5. The molecule has 29 heavy (non-hydrogen) atoms. The highest BCUT2D eigenvalue weighted by Crippen LogP contribution is 2.49. The molecule has 152 valence electrons. The number of nitrogens with zero attached hydrogens (tertiary/aromatic N) is 3. The van der Waals surface area contributed by atoms with Gasteiger partial charge in [-0.2, -0.15) is 5.10 Å². The quantitative estimate of drug-likeness (QED) is 0.617. The molecule has 8 heteroatoms. The van der Waals surface area contributed by atoms with E-state index >= 15 is 0 Å². The molecule has 1 N–H and O–H groups in total. The van der Waals surface area contributed by atoms with E-state index in [9.17, 15) is 19.7 Å². The third kappa shape index (κ3) is 3.54. The van der Waals surface area contributed by atoms with Crippen LogP contribution in [0.4, 0.5) is 5.69 Å². The van der Waals surface area contributed by atoms with Gasteiger partial charge in [-0.15, -0.1) is 0 Å². The molecule has 2 fully saturated rings. The molecule has 1 heterocycles. The second-order valence-electron chi connectivity index (χ2n) is 8.26. The Morgan fingerprint density at radius 3 is 2.72 bits per heavy atom. The van der Waals surface area contributed by atoms with Gasteiger partial charge in [0.1, 0.15) is 5.69 Å². The van der Waals surface area contributed by atoms with Crippen molar-refractivity contribution in [1.82, 2.24) is 15.1 Å². The number of aryl methyl sites for hydroxylation is 1. The maximum absolute atomic E-state index is 12.8. The molecular formula is C21H24N4O4. The van der Waals surface area contributed by atoms with E-state index in [4.69, 9.17) is 0 Å². The molecule has 8 nitrogen and oxygen atoms in total. The third-order valence-corrected chi connectivity index (χ3v) is 6.42. The van der Waals surface area contributed by atoms with Crippen LogP contribution in [0.1, 0.15) is 48.8 Å². The van der Waals surface area contributed by atoms with Gasteiger partial charge in [0.05, 0.1) is 4.92 Å². The molecule has 0 saturated heterocycles. The average molecular weight is 396 g/mol. The van der Waals surface area contributed by atoms with Gasteiger partial charge >= 0.3 is 0 Å². The number of aromatic nitrogens is 2. The summed E-state index contributed by atoms with van der Waals surface area (Å²) in [5.74, 6) is 1.31. The van der Waals surface area contributed by atoms with Crippen molar-refractivity contribution in [3.05, 3.63) is 62.1 Å². The van der Waals surface area contributed by atoms with Crippen molar-refractivity contribution in [2.75, 3.05) is 0 Å². The molecule has 2 aliphatic carbocycles. The molecule has 4 unspecified atom stereocenters. The number of carbonyl (C=O) groups is 1. The lowest BCUT2D eigenvalue weighted by Gasteiger charge is -2.28. The second kappa shape index (κ2) is 7.42. The standard InChI is InChI=1S/C21H24N4O4/c1-12-9-19(26)20(23-24(12)17-5-3-4-6-18(17)25(28)29)21(27)22-13(2)16-11-14-7-8-15(16)10-14/h3-6,9,13-16H,7-8,10-11H2,1-2H3,(H,22,27). The summed E-state index contributed by atoms with van der Waals surface area (Å²) in [6, 6.07) is 7.37. The topological polar surface area (TPSA) is 107 Å². The van der Waals surface area contributed by atoms with Crippen LogP contribution in [0.15, 0.2) is 35.1 Å². The SMILES string of the molecule is Cc1cc(=O)c(C(=O)NC(C)C2CC3CCC2C3)nn1-c1ccccc1[N+](=O)[O-]. The van der Waals surface area contributed by atoms with E-state index < -0.39 is 16.3 Å². The van der Waals surface area contributed by atoms with Gasteiger partial charge in [0.2, 0.25) is 5.43 Å². The van der Waals surface area contributed by atoms with Crippen molar-refractivity contribution in [3.63, 3.8) is 0 Å². The molecule has 4 rings (SSSR count). The largest absolute Gasteiger partial charge is 0.348 e. The van der Waals surface area contributed by atoms with E-state index in [0.29, 0.717) is 17.5 Å². The number of benzene rings is 1. The number of rotatable bonds is 5. The summed E-state index contributed by atoms with van der Waals surface area (Å²) in [5.41, 5.74) is -0.251. The summed E-state index contributed by atoms with van der Waals surface area (Å²) < 4.78 is 1.29. The summed E-state index contributed by atoms with van der Waals surface area (Å²) in [4.78, 5) is 36.1. The molecule has 2 saturated carbocycles. The van der Waals surface area contributed by atoms with Gasteiger partial charge in [-0.1, -0.05) is 18.6 Å². The fraction of sp³-hybridized carbons (Fsp3) is 0.476. The molecule has 4 atom stereocenters. The van der Waals surface area contributed by atoms with Crippen LogP contribution in [0, 0.1) is 34.8 Å². The zero-order valence-corrected chi connectivity index (χ0v) is 16.5. The Balaban J connectivity index is 1.63. The van der Waals surface area contributed by atoms with Gasteiger partial charge in [-0.05, 0) is 56.9 Å². The van der Waals surface area contributed by atoms with Gasteiger partial charge < -0.3 is 5.32 Å². The van der Waals surface area contributed by atoms with Crippen LogP contribution in [0.25, 0.3) is 5.69 Å². The summed E-state index contributed by atoms with van der Waals surface area (Å²) >= 11 is 0. The predicted octanol–water partition coefficient (Wildman–Crippen LogP) is 3.00. The van der Waals surface area contributed by atoms with Crippen LogP contribution in [0.2, 0.25) is 0 Å². The lowest BCUT2D eigenvalue weighted by Crippen LogP contribution is -2.42. The molecule has 1 aromatic carbocycles. The minimum absolute atomic E-state index is 0.0418. The highest BCUT2D eigenvalue weighted by molar-refractivity contribution is 5.92. The Labute approximate surface area is 168 Å². The number of fused-ring (bicyclic) bond motifs is 2. The molecule has 2 bridgehead atoms. The van der Waals surface area contributed by atoms with Crippen molar-refractivity contribution < 1.29 is 9.72 Å². The lowest BCUT2D eigenvalue weighted by molar-refractivity contribution is -0.384. The van der Waals surface area contributed by atoms with E-state index in [2.05, 4.69) is 10.4 Å². The van der Waals surface area contributed by atoms with E-state index in [1.54, 1.807) is 25.1 Å². The van der Waals surface area contributed by atoms with Crippen molar-refractivity contribution in [2.45, 2.75) is 45.6 Å². The minimum atomic E-state index is -0.530. The number of nitrogens with one attached hydrogen (secondary N) is 1. The maximum atomic E-state index is 12.8. The van der Waals surface area contributed by atoms with Crippen LogP contribution < -0.4 is 10.7 Å². The lowest BCUT2D eigenvalue weighted by atomic mass is 9.84. The van der Waals surface area contributed by atoms with Crippen molar-refractivity contribution in [3.8, 4) is 5.69 Å². The fourth-order valence-corrected chi connectivity index (χ4v) is 5.03. The van der Waals surface area contributed by atoms with Crippen molar-refractivity contribution in [1.29, 1.82) is 0 Å². The predicted molar refractivity (Wildman–Crippen MR) is 107 cm³/mol. The summed E-state index contributed by atoms with van der Waals surface area (Å²) in [7, 11) is 0. The van der Waals surface area contributed by atoms with Crippen LogP contribution in [0.3, 0.4) is 0 Å². The number of hydrogen-bond donors (Lipinski definition) is 1. The average Bonchev–Trinajstić information content (AvgIpc) is 3.31. The molecule has 1 aromatic heterocycles. The fourth-order valence-electron chi connectivity index (χ4n) is 5.03. The van der Waals surface area contributed by atoms with Gasteiger partial charge in [0.25, 0.3) is 11.6 Å². The number of para-hydroxylation sites is 2.